The Bertz CT molecular complexity index is 624. The minimum atomic E-state index is -0.153. The van der Waals surface area contributed by atoms with Crippen molar-refractivity contribution in [1.82, 2.24) is 5.16 Å². The van der Waals surface area contributed by atoms with Crippen molar-refractivity contribution in [2.24, 2.45) is 0 Å². The van der Waals surface area contributed by atoms with E-state index >= 15 is 0 Å². The highest BCUT2D eigenvalue weighted by Gasteiger charge is 2.18. The topological polar surface area (TPSA) is 83.2 Å². The molecule has 7 nitrogen and oxygen atoms in total. The van der Waals surface area contributed by atoms with Gasteiger partial charge in [0.1, 0.15) is 24.7 Å². The predicted octanol–water partition coefficient (Wildman–Crippen LogP) is 1.62. The number of aliphatic hydroxyl groups excluding tert-OH is 1. The highest BCUT2D eigenvalue weighted by molar-refractivity contribution is 5.51. The van der Waals surface area contributed by atoms with Gasteiger partial charge in [-0.3, -0.25) is 0 Å². The number of fused-ring (bicyclic) bond motifs is 1. The van der Waals surface area contributed by atoms with Gasteiger partial charge in [0.05, 0.1) is 6.61 Å². The smallest absolute Gasteiger partial charge is 0.231 e. The van der Waals surface area contributed by atoms with Crippen molar-refractivity contribution >= 4 is 0 Å². The Morgan fingerprint density at radius 3 is 2.76 bits per heavy atom. The molecule has 0 fully saturated rings. The van der Waals surface area contributed by atoms with E-state index in [0.29, 0.717) is 40.9 Å². The van der Waals surface area contributed by atoms with Crippen molar-refractivity contribution in [2.45, 2.75) is 19.8 Å². The molecule has 1 N–H and O–H groups in total. The van der Waals surface area contributed by atoms with Crippen LogP contribution in [0, 0.1) is 0 Å². The van der Waals surface area contributed by atoms with Gasteiger partial charge in [0.15, 0.2) is 17.3 Å². The average molecular weight is 293 g/mol. The quantitative estimate of drug-likeness (QED) is 0.866. The molecule has 0 saturated heterocycles. The van der Waals surface area contributed by atoms with Crippen LogP contribution in [0.3, 0.4) is 0 Å². The first-order valence-corrected chi connectivity index (χ1v) is 6.39. The fourth-order valence-corrected chi connectivity index (χ4v) is 2.01. The maximum Gasteiger partial charge on any atom is 0.231 e. The Kier molecular flexibility index (Phi) is 3.94. The van der Waals surface area contributed by atoms with Crippen molar-refractivity contribution in [3.05, 3.63) is 35.2 Å². The Morgan fingerprint density at radius 1 is 1.19 bits per heavy atom. The second-order valence-corrected chi connectivity index (χ2v) is 4.48. The molecule has 0 amide bonds. The van der Waals surface area contributed by atoms with Gasteiger partial charge in [0.2, 0.25) is 6.79 Å². The van der Waals surface area contributed by atoms with E-state index in [1.54, 1.807) is 25.3 Å². The number of methoxy groups -OCH3 is 1. The molecule has 0 unspecified atom stereocenters. The molecular formula is C14H15NO6. The minimum absolute atomic E-state index is 0.153. The van der Waals surface area contributed by atoms with Gasteiger partial charge in [-0.15, -0.1) is 0 Å². The maximum atomic E-state index is 9.39. The molecule has 0 bridgehead atoms. The van der Waals surface area contributed by atoms with Crippen molar-refractivity contribution in [1.29, 1.82) is 0 Å². The first-order valence-electron chi connectivity index (χ1n) is 6.39. The summed E-state index contributed by atoms with van der Waals surface area (Å²) >= 11 is 0. The number of hydrogen-bond acceptors (Lipinski definition) is 7. The van der Waals surface area contributed by atoms with Gasteiger partial charge >= 0.3 is 0 Å². The van der Waals surface area contributed by atoms with E-state index in [0.717, 1.165) is 0 Å². The summed E-state index contributed by atoms with van der Waals surface area (Å²) in [7, 11) is 1.58. The van der Waals surface area contributed by atoms with Gasteiger partial charge < -0.3 is 28.6 Å². The molecule has 2 heterocycles. The lowest BCUT2D eigenvalue weighted by Gasteiger charge is -2.09. The normalized spacial score (nSPS) is 12.7. The van der Waals surface area contributed by atoms with E-state index in [2.05, 4.69) is 5.16 Å². The van der Waals surface area contributed by atoms with Crippen molar-refractivity contribution in [3.63, 3.8) is 0 Å². The molecular weight excluding hydrogens is 278 g/mol. The number of nitrogens with zero attached hydrogens (tertiary/aromatic N) is 1. The third kappa shape index (κ3) is 2.93. The molecule has 2 aromatic rings. The van der Waals surface area contributed by atoms with Gasteiger partial charge in [-0.2, -0.15) is 0 Å². The molecule has 3 rings (SSSR count). The van der Waals surface area contributed by atoms with Crippen LogP contribution in [0.15, 0.2) is 22.7 Å². The summed E-state index contributed by atoms with van der Waals surface area (Å²) in [6.07, 6.45) is 0. The minimum Gasteiger partial charge on any atom is -0.487 e. The number of benzene rings is 1. The van der Waals surface area contributed by atoms with Crippen LogP contribution in [0.5, 0.6) is 17.2 Å². The Morgan fingerprint density at radius 2 is 2.00 bits per heavy atom. The fourth-order valence-electron chi connectivity index (χ4n) is 2.01. The number of aromatic nitrogens is 1. The van der Waals surface area contributed by atoms with Crippen molar-refractivity contribution in [3.8, 4) is 17.2 Å². The molecule has 1 aromatic carbocycles. The summed E-state index contributed by atoms with van der Waals surface area (Å²) in [6.45, 7) is 0.603. The zero-order valence-corrected chi connectivity index (χ0v) is 11.5. The second-order valence-electron chi connectivity index (χ2n) is 4.48. The van der Waals surface area contributed by atoms with Crippen molar-refractivity contribution < 1.29 is 28.6 Å². The Labute approximate surface area is 121 Å². The summed E-state index contributed by atoms with van der Waals surface area (Å²) in [5, 5.41) is 13.3. The SMILES string of the molecule is COCc1cc(COc2cc3c(cc2CO)OCO3)no1. The van der Waals surface area contributed by atoms with Gasteiger partial charge in [-0.05, 0) is 6.07 Å². The number of hydrogen-bond donors (Lipinski definition) is 1. The van der Waals surface area contributed by atoms with E-state index in [1.165, 1.54) is 0 Å². The average Bonchev–Trinajstić information content (AvgIpc) is 3.12. The molecule has 0 atom stereocenters. The number of ether oxygens (including phenoxy) is 4. The lowest BCUT2D eigenvalue weighted by atomic mass is 10.2. The van der Waals surface area contributed by atoms with Crippen LogP contribution in [-0.4, -0.2) is 24.2 Å². The van der Waals surface area contributed by atoms with Gasteiger partial charge in [-0.25, -0.2) is 0 Å². The van der Waals surface area contributed by atoms with E-state index in [9.17, 15) is 5.11 Å². The monoisotopic (exact) mass is 293 g/mol. The molecule has 1 aliphatic heterocycles. The molecule has 0 aliphatic carbocycles. The fraction of sp³-hybridized carbons (Fsp3) is 0.357. The molecule has 21 heavy (non-hydrogen) atoms. The van der Waals surface area contributed by atoms with E-state index in [4.69, 9.17) is 23.5 Å². The molecule has 1 aromatic heterocycles. The van der Waals surface area contributed by atoms with Gasteiger partial charge in [0.25, 0.3) is 0 Å². The first-order chi connectivity index (χ1) is 10.3. The Balaban J connectivity index is 1.72. The van der Waals surface area contributed by atoms with Gasteiger partial charge in [0, 0.05) is 24.8 Å². The van der Waals surface area contributed by atoms with E-state index < -0.39 is 0 Å². The number of rotatable bonds is 6. The summed E-state index contributed by atoms with van der Waals surface area (Å²) < 4.78 is 26.3. The molecule has 112 valence electrons. The van der Waals surface area contributed by atoms with Crippen LogP contribution in [0.2, 0.25) is 0 Å². The van der Waals surface area contributed by atoms with Crippen LogP contribution < -0.4 is 14.2 Å². The van der Waals surface area contributed by atoms with Crippen LogP contribution in [0.4, 0.5) is 0 Å². The molecule has 1 aliphatic rings. The third-order valence-corrected chi connectivity index (χ3v) is 3.00. The van der Waals surface area contributed by atoms with Crippen molar-refractivity contribution in [2.75, 3.05) is 13.9 Å². The highest BCUT2D eigenvalue weighted by Crippen LogP contribution is 2.38. The van der Waals surface area contributed by atoms with E-state index in [-0.39, 0.29) is 20.0 Å². The zero-order valence-electron chi connectivity index (χ0n) is 11.5. The first kappa shape index (κ1) is 13.7. The molecule has 0 radical (unpaired) electrons. The van der Waals surface area contributed by atoms with E-state index in [1.807, 2.05) is 0 Å². The standard InChI is InChI=1S/C14H15NO6/c1-17-7-11-3-10(15-21-11)6-18-12-4-14-13(19-8-20-14)2-9(12)5-16/h2-4,16H,5-8H2,1H3. The highest BCUT2D eigenvalue weighted by atomic mass is 16.7. The largest absolute Gasteiger partial charge is 0.487 e. The number of aliphatic hydroxyl groups is 1. The molecule has 0 saturated carbocycles. The zero-order chi connectivity index (χ0) is 14.7. The van der Waals surface area contributed by atoms with Gasteiger partial charge in [-0.1, -0.05) is 5.16 Å². The summed E-state index contributed by atoms with van der Waals surface area (Å²) in [5.74, 6) is 2.36. The van der Waals surface area contributed by atoms with Crippen LogP contribution >= 0.6 is 0 Å². The summed E-state index contributed by atoms with van der Waals surface area (Å²) in [6, 6.07) is 5.16. The van der Waals surface area contributed by atoms with Crippen LogP contribution in [0.1, 0.15) is 17.0 Å². The second kappa shape index (κ2) is 6.02. The predicted molar refractivity (Wildman–Crippen MR) is 70.0 cm³/mol. The molecule has 7 heteroatoms. The maximum absolute atomic E-state index is 9.39. The lowest BCUT2D eigenvalue weighted by Crippen LogP contribution is -1.99. The summed E-state index contributed by atoms with van der Waals surface area (Å²) in [4.78, 5) is 0. The molecule has 0 spiro atoms. The van der Waals surface area contributed by atoms with Crippen LogP contribution in [0.25, 0.3) is 0 Å². The summed E-state index contributed by atoms with van der Waals surface area (Å²) in [5.41, 5.74) is 1.27. The third-order valence-electron chi connectivity index (χ3n) is 3.00. The lowest BCUT2D eigenvalue weighted by molar-refractivity contribution is 0.155. The van der Waals surface area contributed by atoms with Crippen LogP contribution in [-0.2, 0) is 24.6 Å². The Hall–Kier alpha value is -2.25.